The van der Waals surface area contributed by atoms with Crippen LogP contribution in [0.3, 0.4) is 0 Å². The van der Waals surface area contributed by atoms with E-state index in [1.807, 2.05) is 12.1 Å². The number of carbonyl (C=O) groups is 1. The molecular weight excluding hydrogens is 203 g/mol. The Hall–Kier alpha value is -1.18. The highest BCUT2D eigenvalue weighted by Gasteiger charge is 2.33. The van der Waals surface area contributed by atoms with Crippen molar-refractivity contribution in [3.63, 3.8) is 0 Å². The molecule has 0 radical (unpaired) electrons. The van der Waals surface area contributed by atoms with E-state index in [4.69, 9.17) is 0 Å². The number of ketones is 1. The predicted molar refractivity (Wildman–Crippen MR) is 62.5 cm³/mol. The molecule has 0 heterocycles. The zero-order valence-electron chi connectivity index (χ0n) is 9.63. The van der Waals surface area contributed by atoms with E-state index in [1.54, 1.807) is 19.1 Å². The summed E-state index contributed by atoms with van der Waals surface area (Å²) in [5, 5.41) is 0. The highest BCUT2D eigenvalue weighted by Crippen LogP contribution is 2.36. The fraction of sp³-hybridized carbons (Fsp3) is 0.500. The number of alkyl halides is 1. The molecule has 0 unspecified atom stereocenters. The Bertz CT molecular complexity index is 374. The standard InChI is InChI=1S/C14H17FO/c1-11(16)13-6-4-12(5-7-13)10-14(15)8-2-3-9-14/h4-7H,2-3,8-10H2,1H3. The van der Waals surface area contributed by atoms with Gasteiger partial charge in [0.05, 0.1) is 0 Å². The molecule has 0 spiro atoms. The topological polar surface area (TPSA) is 17.1 Å². The summed E-state index contributed by atoms with van der Waals surface area (Å²) in [6, 6.07) is 7.32. The number of carbonyl (C=O) groups excluding carboxylic acids is 1. The van der Waals surface area contributed by atoms with Crippen LogP contribution in [-0.2, 0) is 6.42 Å². The molecule has 16 heavy (non-hydrogen) atoms. The largest absolute Gasteiger partial charge is 0.295 e. The van der Waals surface area contributed by atoms with Crippen molar-refractivity contribution in [2.45, 2.75) is 44.7 Å². The lowest BCUT2D eigenvalue weighted by Crippen LogP contribution is -2.20. The zero-order valence-corrected chi connectivity index (χ0v) is 9.63. The molecule has 0 amide bonds. The smallest absolute Gasteiger partial charge is 0.159 e. The van der Waals surface area contributed by atoms with Gasteiger partial charge in [0.1, 0.15) is 5.67 Å². The molecule has 0 aromatic heterocycles. The number of Topliss-reactive ketones (excluding diaryl/α,β-unsaturated/α-hetero) is 1. The zero-order chi connectivity index (χ0) is 11.6. The van der Waals surface area contributed by atoms with Gasteiger partial charge in [-0.2, -0.15) is 0 Å². The van der Waals surface area contributed by atoms with Gasteiger partial charge in [0.2, 0.25) is 0 Å². The fourth-order valence-corrected chi connectivity index (χ4v) is 2.41. The van der Waals surface area contributed by atoms with Crippen LogP contribution in [0.2, 0.25) is 0 Å². The molecule has 2 heteroatoms. The molecule has 1 saturated carbocycles. The van der Waals surface area contributed by atoms with E-state index in [9.17, 15) is 9.18 Å². The van der Waals surface area contributed by atoms with Gasteiger partial charge in [-0.15, -0.1) is 0 Å². The SMILES string of the molecule is CC(=O)c1ccc(CC2(F)CCCC2)cc1. The molecule has 86 valence electrons. The quantitative estimate of drug-likeness (QED) is 0.710. The van der Waals surface area contributed by atoms with Crippen LogP contribution in [0.15, 0.2) is 24.3 Å². The summed E-state index contributed by atoms with van der Waals surface area (Å²) in [6.07, 6.45) is 3.86. The number of hydrogen-bond donors (Lipinski definition) is 0. The van der Waals surface area contributed by atoms with Crippen molar-refractivity contribution in [2.75, 3.05) is 0 Å². The van der Waals surface area contributed by atoms with Crippen LogP contribution in [0.1, 0.15) is 48.5 Å². The van der Waals surface area contributed by atoms with Crippen LogP contribution < -0.4 is 0 Å². The van der Waals surface area contributed by atoms with E-state index in [0.717, 1.165) is 18.4 Å². The first-order chi connectivity index (χ1) is 7.59. The summed E-state index contributed by atoms with van der Waals surface area (Å²) in [5.41, 5.74) is 0.690. The molecule has 1 aliphatic carbocycles. The van der Waals surface area contributed by atoms with Gasteiger partial charge in [-0.05, 0) is 25.3 Å². The van der Waals surface area contributed by atoms with Gasteiger partial charge >= 0.3 is 0 Å². The second kappa shape index (κ2) is 4.36. The summed E-state index contributed by atoms with van der Waals surface area (Å²) < 4.78 is 14.2. The summed E-state index contributed by atoms with van der Waals surface area (Å²) >= 11 is 0. The Kier molecular flexibility index (Phi) is 3.08. The fourth-order valence-electron chi connectivity index (χ4n) is 2.41. The van der Waals surface area contributed by atoms with Gasteiger partial charge in [0.25, 0.3) is 0 Å². The number of benzene rings is 1. The third kappa shape index (κ3) is 2.49. The van der Waals surface area contributed by atoms with Crippen LogP contribution >= 0.6 is 0 Å². The number of rotatable bonds is 3. The summed E-state index contributed by atoms with van der Waals surface area (Å²) in [4.78, 5) is 11.1. The second-order valence-corrected chi connectivity index (χ2v) is 4.79. The first-order valence-corrected chi connectivity index (χ1v) is 5.88. The van der Waals surface area contributed by atoms with Crippen molar-refractivity contribution >= 4 is 5.78 Å². The summed E-state index contributed by atoms with van der Waals surface area (Å²) in [6.45, 7) is 1.54. The normalized spacial score (nSPS) is 18.6. The Morgan fingerprint density at radius 3 is 2.31 bits per heavy atom. The third-order valence-electron chi connectivity index (χ3n) is 3.38. The maximum Gasteiger partial charge on any atom is 0.159 e. The van der Waals surface area contributed by atoms with Crippen LogP contribution in [0.25, 0.3) is 0 Å². The van der Waals surface area contributed by atoms with Crippen LogP contribution in [-0.4, -0.2) is 11.5 Å². The number of halogens is 1. The number of hydrogen-bond acceptors (Lipinski definition) is 1. The first-order valence-electron chi connectivity index (χ1n) is 5.88. The van der Waals surface area contributed by atoms with Crippen molar-refractivity contribution in [1.29, 1.82) is 0 Å². The Morgan fingerprint density at radius 2 is 1.81 bits per heavy atom. The van der Waals surface area contributed by atoms with Crippen LogP contribution in [0.5, 0.6) is 0 Å². The maximum atomic E-state index is 14.2. The predicted octanol–water partition coefficient (Wildman–Crippen LogP) is 3.71. The minimum Gasteiger partial charge on any atom is -0.295 e. The monoisotopic (exact) mass is 220 g/mol. The second-order valence-electron chi connectivity index (χ2n) is 4.79. The van der Waals surface area contributed by atoms with Gasteiger partial charge in [0, 0.05) is 12.0 Å². The molecular formula is C14H17FO. The highest BCUT2D eigenvalue weighted by atomic mass is 19.1. The first kappa shape index (κ1) is 11.3. The van der Waals surface area contributed by atoms with E-state index in [0.29, 0.717) is 24.8 Å². The Balaban J connectivity index is 2.07. The van der Waals surface area contributed by atoms with Crippen molar-refractivity contribution in [3.8, 4) is 0 Å². The van der Waals surface area contributed by atoms with Gasteiger partial charge in [-0.25, -0.2) is 4.39 Å². The molecule has 0 saturated heterocycles. The molecule has 0 N–H and O–H groups in total. The molecule has 1 fully saturated rings. The van der Waals surface area contributed by atoms with Crippen LogP contribution in [0.4, 0.5) is 4.39 Å². The average Bonchev–Trinajstić information content (AvgIpc) is 2.65. The molecule has 1 aromatic carbocycles. The van der Waals surface area contributed by atoms with E-state index < -0.39 is 5.67 Å². The van der Waals surface area contributed by atoms with E-state index in [2.05, 4.69) is 0 Å². The van der Waals surface area contributed by atoms with E-state index in [1.165, 1.54) is 0 Å². The third-order valence-corrected chi connectivity index (χ3v) is 3.38. The lowest BCUT2D eigenvalue weighted by Gasteiger charge is -2.18. The van der Waals surface area contributed by atoms with Crippen molar-refractivity contribution < 1.29 is 9.18 Å². The van der Waals surface area contributed by atoms with Gasteiger partial charge in [-0.1, -0.05) is 37.1 Å². The minimum atomic E-state index is -1.00. The lowest BCUT2D eigenvalue weighted by molar-refractivity contribution is 0.101. The van der Waals surface area contributed by atoms with Gasteiger partial charge in [0.15, 0.2) is 5.78 Å². The molecule has 2 rings (SSSR count). The maximum absolute atomic E-state index is 14.2. The highest BCUT2D eigenvalue weighted by molar-refractivity contribution is 5.93. The molecule has 1 aliphatic rings. The Morgan fingerprint density at radius 1 is 1.25 bits per heavy atom. The van der Waals surface area contributed by atoms with Crippen molar-refractivity contribution in [3.05, 3.63) is 35.4 Å². The van der Waals surface area contributed by atoms with Crippen molar-refractivity contribution in [2.24, 2.45) is 0 Å². The molecule has 0 atom stereocenters. The minimum absolute atomic E-state index is 0.0578. The van der Waals surface area contributed by atoms with E-state index >= 15 is 0 Å². The molecule has 1 nitrogen and oxygen atoms in total. The van der Waals surface area contributed by atoms with Crippen molar-refractivity contribution in [1.82, 2.24) is 0 Å². The lowest BCUT2D eigenvalue weighted by atomic mass is 9.94. The van der Waals surface area contributed by atoms with Crippen LogP contribution in [0, 0.1) is 0 Å². The molecule has 1 aromatic rings. The van der Waals surface area contributed by atoms with Gasteiger partial charge in [-0.3, -0.25) is 4.79 Å². The van der Waals surface area contributed by atoms with Gasteiger partial charge < -0.3 is 0 Å². The average molecular weight is 220 g/mol. The molecule has 0 bridgehead atoms. The molecule has 0 aliphatic heterocycles. The summed E-state index contributed by atoms with van der Waals surface area (Å²) in [7, 11) is 0. The van der Waals surface area contributed by atoms with E-state index in [-0.39, 0.29) is 5.78 Å². The Labute approximate surface area is 95.7 Å². The summed E-state index contributed by atoms with van der Waals surface area (Å²) in [5.74, 6) is 0.0578.